The van der Waals surface area contributed by atoms with E-state index < -0.39 is 11.5 Å². The van der Waals surface area contributed by atoms with E-state index in [9.17, 15) is 9.90 Å². The van der Waals surface area contributed by atoms with Gasteiger partial charge in [0, 0.05) is 57.4 Å². The van der Waals surface area contributed by atoms with Gasteiger partial charge in [-0.05, 0) is 50.8 Å². The van der Waals surface area contributed by atoms with E-state index in [0.717, 1.165) is 58.7 Å². The van der Waals surface area contributed by atoms with Crippen LogP contribution in [-0.4, -0.2) is 68.8 Å². The van der Waals surface area contributed by atoms with Gasteiger partial charge in [0.2, 0.25) is 5.91 Å². The van der Waals surface area contributed by atoms with Crippen molar-refractivity contribution in [3.05, 3.63) is 47.8 Å². The van der Waals surface area contributed by atoms with Gasteiger partial charge in [0.15, 0.2) is 0 Å². The summed E-state index contributed by atoms with van der Waals surface area (Å²) >= 11 is 0. The number of para-hydroxylation sites is 2. The third-order valence-electron chi connectivity index (χ3n) is 8.13. The molecule has 0 aromatic heterocycles. The van der Waals surface area contributed by atoms with E-state index in [1.807, 2.05) is 13.8 Å². The third-order valence-corrected chi connectivity index (χ3v) is 8.13. The van der Waals surface area contributed by atoms with Crippen LogP contribution in [0.25, 0.3) is 0 Å². The third kappa shape index (κ3) is 4.41. The summed E-state index contributed by atoms with van der Waals surface area (Å²) in [5.74, 6) is 0.787. The van der Waals surface area contributed by atoms with Gasteiger partial charge in [-0.1, -0.05) is 12.1 Å². The van der Waals surface area contributed by atoms with Crippen LogP contribution in [0.3, 0.4) is 0 Å². The van der Waals surface area contributed by atoms with Crippen LogP contribution in [-0.2, 0) is 4.79 Å². The highest BCUT2D eigenvalue weighted by Crippen LogP contribution is 2.55. The fraction of sp³-hybridized carbons (Fsp3) is 0.536. The maximum atomic E-state index is 15.6. The first-order valence-corrected chi connectivity index (χ1v) is 13.0. The zero-order chi connectivity index (χ0) is 25.4. The lowest BCUT2D eigenvalue weighted by Crippen LogP contribution is -2.61. The second kappa shape index (κ2) is 9.90. The smallest absolute Gasteiger partial charge is 0.235 e. The molecule has 1 amide bonds. The Morgan fingerprint density at radius 3 is 2.44 bits per heavy atom. The zero-order valence-electron chi connectivity index (χ0n) is 21.5. The van der Waals surface area contributed by atoms with Crippen LogP contribution in [0.4, 0.5) is 15.8 Å². The number of phenols is 1. The van der Waals surface area contributed by atoms with Gasteiger partial charge in [0.25, 0.3) is 0 Å². The van der Waals surface area contributed by atoms with Gasteiger partial charge in [-0.25, -0.2) is 4.39 Å². The Morgan fingerprint density at radius 2 is 1.78 bits per heavy atom. The van der Waals surface area contributed by atoms with Crippen LogP contribution < -0.4 is 19.9 Å². The fourth-order valence-electron chi connectivity index (χ4n) is 6.05. The minimum atomic E-state index is -0.758. The van der Waals surface area contributed by atoms with Crippen LogP contribution in [0, 0.1) is 17.2 Å². The number of rotatable bonds is 6. The van der Waals surface area contributed by atoms with E-state index in [2.05, 4.69) is 15.1 Å². The Morgan fingerprint density at radius 1 is 1.08 bits per heavy atom. The highest BCUT2D eigenvalue weighted by atomic mass is 19.1. The van der Waals surface area contributed by atoms with Crippen molar-refractivity contribution < 1.29 is 19.0 Å². The Labute approximate surface area is 212 Å². The molecule has 0 spiro atoms. The molecule has 194 valence electrons. The van der Waals surface area contributed by atoms with Gasteiger partial charge < -0.3 is 25.0 Å². The van der Waals surface area contributed by atoms with Gasteiger partial charge in [-0.3, -0.25) is 9.69 Å². The number of carbonyl (C=O) groups excluding carboxylic acids is 1. The predicted molar refractivity (Wildman–Crippen MR) is 139 cm³/mol. The maximum Gasteiger partial charge on any atom is 0.235 e. The molecule has 3 fully saturated rings. The number of anilines is 2. The Balaban J connectivity index is 1.36. The van der Waals surface area contributed by atoms with E-state index >= 15 is 4.39 Å². The number of phenolic OH excluding ortho intramolecular Hbond substituents is 1. The summed E-state index contributed by atoms with van der Waals surface area (Å²) in [5.41, 5.74) is 0.824. The van der Waals surface area contributed by atoms with Crippen molar-refractivity contribution in [1.82, 2.24) is 10.2 Å². The lowest BCUT2D eigenvalue weighted by atomic mass is 9.70. The number of nitrogens with one attached hydrogen (secondary N) is 1. The number of benzene rings is 2. The predicted octanol–water partition coefficient (Wildman–Crippen LogP) is 3.78. The molecule has 8 heteroatoms. The quantitative estimate of drug-likeness (QED) is 0.594. The molecular formula is C28H37FN4O3. The number of β-lactam (4-membered cyclic amide) rings is 1. The van der Waals surface area contributed by atoms with Crippen LogP contribution in [0.5, 0.6) is 11.5 Å². The molecule has 2 N–H and O–H groups in total. The van der Waals surface area contributed by atoms with Crippen LogP contribution in [0.15, 0.2) is 36.4 Å². The number of halogens is 1. The molecule has 1 atom stereocenters. The second-order valence-corrected chi connectivity index (χ2v) is 10.8. The highest BCUT2D eigenvalue weighted by Gasteiger charge is 2.57. The van der Waals surface area contributed by atoms with Crippen molar-refractivity contribution >= 4 is 17.3 Å². The molecule has 7 nitrogen and oxygen atoms in total. The molecule has 3 aliphatic heterocycles. The molecule has 3 heterocycles. The molecule has 3 aliphatic rings. The maximum absolute atomic E-state index is 15.6. The molecule has 2 aromatic carbocycles. The summed E-state index contributed by atoms with van der Waals surface area (Å²) in [4.78, 5) is 19.3. The molecule has 2 aromatic rings. The van der Waals surface area contributed by atoms with Crippen LogP contribution in [0.2, 0.25) is 0 Å². The normalized spacial score (nSPS) is 23.0. The number of amides is 1. The van der Waals surface area contributed by atoms with Crippen LogP contribution in [0.1, 0.15) is 38.3 Å². The molecule has 0 bridgehead atoms. The SMILES string of the molecule is COc1cc(N2CCC(CN3CCNCC3)CC2)c(F)cc1[C@@H]1N(c2ccccc2O)C(=O)C1(C)C. The van der Waals surface area contributed by atoms with Crippen molar-refractivity contribution in [2.24, 2.45) is 11.3 Å². The number of piperazine rings is 1. The average Bonchev–Trinajstić information content (AvgIpc) is 2.88. The molecule has 5 rings (SSSR count). The van der Waals surface area contributed by atoms with Crippen molar-refractivity contribution in [2.45, 2.75) is 32.7 Å². The number of methoxy groups -OCH3 is 1. The molecule has 0 radical (unpaired) electrons. The average molecular weight is 497 g/mol. The Hall–Kier alpha value is -2.84. The molecule has 0 unspecified atom stereocenters. The number of hydrogen-bond acceptors (Lipinski definition) is 6. The first kappa shape index (κ1) is 24.8. The topological polar surface area (TPSA) is 68.3 Å². The zero-order valence-corrected chi connectivity index (χ0v) is 21.5. The first-order valence-electron chi connectivity index (χ1n) is 13.0. The summed E-state index contributed by atoms with van der Waals surface area (Å²) in [6, 6.07) is 9.59. The number of ether oxygens (including phenoxy) is 1. The van der Waals surface area contributed by atoms with Gasteiger partial charge in [0.1, 0.15) is 17.3 Å². The number of aromatic hydroxyl groups is 1. The minimum absolute atomic E-state index is 0.0195. The van der Waals surface area contributed by atoms with Gasteiger partial charge >= 0.3 is 0 Å². The molecule has 0 saturated carbocycles. The number of piperidine rings is 1. The van der Waals surface area contributed by atoms with Crippen LogP contribution >= 0.6 is 0 Å². The summed E-state index contributed by atoms with van der Waals surface area (Å²) in [6.45, 7) is 10.8. The van der Waals surface area contributed by atoms with E-state index in [1.165, 1.54) is 6.07 Å². The number of nitrogens with zero attached hydrogens (tertiary/aromatic N) is 3. The standard InChI is InChI=1S/C28H37FN4O3/c1-28(2)26(33(27(28)35)22-6-4-5-7-24(22)34)20-16-21(29)23(17-25(20)36-3)32-12-8-19(9-13-32)18-31-14-10-30-11-15-31/h4-7,16-17,19,26,30,34H,8-15,18H2,1-3H3/t26-/m0/s1. The molecule has 36 heavy (non-hydrogen) atoms. The van der Waals surface area contributed by atoms with Crippen molar-refractivity contribution in [1.29, 1.82) is 0 Å². The van der Waals surface area contributed by atoms with Crippen molar-refractivity contribution in [2.75, 3.05) is 62.7 Å². The fourth-order valence-corrected chi connectivity index (χ4v) is 6.05. The summed E-state index contributed by atoms with van der Waals surface area (Å²) in [6.07, 6.45) is 2.08. The summed E-state index contributed by atoms with van der Waals surface area (Å²) in [5, 5.41) is 13.8. The van der Waals surface area contributed by atoms with E-state index in [4.69, 9.17) is 4.74 Å². The molecule has 3 saturated heterocycles. The second-order valence-electron chi connectivity index (χ2n) is 10.8. The van der Waals surface area contributed by atoms with Gasteiger partial charge in [-0.15, -0.1) is 0 Å². The summed E-state index contributed by atoms with van der Waals surface area (Å²) < 4.78 is 21.4. The lowest BCUT2D eigenvalue weighted by Gasteiger charge is -2.53. The summed E-state index contributed by atoms with van der Waals surface area (Å²) in [7, 11) is 1.58. The van der Waals surface area contributed by atoms with E-state index in [0.29, 0.717) is 28.6 Å². The van der Waals surface area contributed by atoms with E-state index in [-0.39, 0.29) is 17.5 Å². The Kier molecular flexibility index (Phi) is 6.83. The van der Waals surface area contributed by atoms with Gasteiger partial charge in [-0.2, -0.15) is 0 Å². The Bertz CT molecular complexity index is 1110. The minimum Gasteiger partial charge on any atom is -0.506 e. The van der Waals surface area contributed by atoms with Crippen molar-refractivity contribution in [3.63, 3.8) is 0 Å². The van der Waals surface area contributed by atoms with E-state index in [1.54, 1.807) is 42.3 Å². The highest BCUT2D eigenvalue weighted by molar-refractivity contribution is 6.06. The number of carbonyl (C=O) groups is 1. The largest absolute Gasteiger partial charge is 0.506 e. The lowest BCUT2D eigenvalue weighted by molar-refractivity contribution is -0.137. The van der Waals surface area contributed by atoms with Gasteiger partial charge in [0.05, 0.1) is 29.9 Å². The van der Waals surface area contributed by atoms with Crippen molar-refractivity contribution in [3.8, 4) is 11.5 Å². The first-order chi connectivity index (χ1) is 17.3. The molecular weight excluding hydrogens is 459 g/mol. The molecule has 0 aliphatic carbocycles. The number of hydrogen-bond donors (Lipinski definition) is 2. The monoisotopic (exact) mass is 496 g/mol.